The van der Waals surface area contributed by atoms with E-state index < -0.39 is 39.1 Å². The van der Waals surface area contributed by atoms with Crippen molar-refractivity contribution in [3.05, 3.63) is 40.7 Å². The van der Waals surface area contributed by atoms with Gasteiger partial charge in [-0.25, -0.2) is 16.8 Å². The van der Waals surface area contributed by atoms with E-state index in [9.17, 15) is 43.2 Å². The maximum atomic E-state index is 11.4. The highest BCUT2D eigenvalue weighted by atomic mass is 32.3. The maximum absolute atomic E-state index is 11.4. The van der Waals surface area contributed by atoms with Crippen LogP contribution in [0.3, 0.4) is 0 Å². The molecule has 17 heteroatoms. The molecule has 2 rings (SSSR count). The van der Waals surface area contributed by atoms with E-state index in [-0.39, 0.29) is 0 Å². The maximum Gasteiger partial charge on any atom is 0.480 e. The predicted octanol–water partition coefficient (Wildman–Crippen LogP) is 3.31. The van der Waals surface area contributed by atoms with Crippen molar-refractivity contribution < 1.29 is 47.9 Å². The van der Waals surface area contributed by atoms with Crippen molar-refractivity contribution in [3.63, 3.8) is 0 Å². The minimum atomic E-state index is -6.72. The second-order valence-electron chi connectivity index (χ2n) is 7.57. The van der Waals surface area contributed by atoms with Gasteiger partial charge in [-0.05, 0) is 0 Å². The molecule has 8 nitrogen and oxygen atoms in total. The Bertz CT molecular complexity index is 1080. The third-order valence-corrected chi connectivity index (χ3v) is 7.37. The van der Waals surface area contributed by atoms with Crippen LogP contribution in [-0.4, -0.2) is 45.8 Å². The summed E-state index contributed by atoms with van der Waals surface area (Å²) in [6.45, 7) is 7.07. The molecule has 0 N–H and O–H groups in total. The summed E-state index contributed by atoms with van der Waals surface area (Å²) in [7, 11) is -12.6. The highest BCUT2D eigenvalue weighted by molar-refractivity contribution is 8.13. The van der Waals surface area contributed by atoms with Gasteiger partial charge in [0.15, 0.2) is 31.9 Å². The third-order valence-electron chi connectivity index (χ3n) is 3.36. The van der Waals surface area contributed by atoms with Crippen LogP contribution >= 0.6 is 0 Å². The molecule has 0 fully saturated rings. The summed E-state index contributed by atoms with van der Waals surface area (Å²) in [5.41, 5.74) is -10.0. The quantitative estimate of drug-likeness (QED) is 0.338. The number of rotatable bonds is 5. The predicted molar refractivity (Wildman–Crippen MR) is 105 cm³/mol. The van der Waals surface area contributed by atoms with Crippen LogP contribution < -0.4 is 4.68 Å². The van der Waals surface area contributed by atoms with Crippen LogP contribution in [0.4, 0.5) is 26.3 Å². The van der Waals surface area contributed by atoms with Gasteiger partial charge in [0, 0.05) is 5.56 Å². The van der Waals surface area contributed by atoms with E-state index in [1.54, 1.807) is 0 Å². The van der Waals surface area contributed by atoms with Gasteiger partial charge in [0.1, 0.15) is 13.2 Å². The Morgan fingerprint density at radius 1 is 0.938 bits per heavy atom. The summed E-state index contributed by atoms with van der Waals surface area (Å²) in [5.74, 6) is 0. The van der Waals surface area contributed by atoms with E-state index in [0.29, 0.717) is 0 Å². The van der Waals surface area contributed by atoms with Gasteiger partial charge in [0.2, 0.25) is 0 Å². The first kappa shape index (κ1) is 28.1. The topological polar surface area (TPSA) is 104 Å². The molecular weight excluding hydrogens is 506 g/mol. The zero-order valence-corrected chi connectivity index (χ0v) is 19.8. The first-order valence-corrected chi connectivity index (χ1v) is 15.1. The molecule has 0 amide bonds. The molecule has 0 saturated heterocycles. The number of aryl methyl sites for hydroxylation is 1. The molecule has 182 valence electrons. The molecule has 1 aromatic carbocycles. The van der Waals surface area contributed by atoms with Crippen LogP contribution in [0.1, 0.15) is 0 Å². The van der Waals surface area contributed by atoms with Gasteiger partial charge in [-0.15, -0.1) is 9.36 Å². The zero-order valence-electron chi connectivity index (χ0n) is 17.2. The fourth-order valence-corrected chi connectivity index (χ4v) is 4.95. The Hall–Kier alpha value is -1.98. The van der Waals surface area contributed by atoms with Crippen LogP contribution in [0.5, 0.6) is 0 Å². The van der Waals surface area contributed by atoms with E-state index in [1.165, 1.54) is 11.3 Å². The molecule has 32 heavy (non-hydrogen) atoms. The van der Waals surface area contributed by atoms with Crippen LogP contribution in [0, 0.1) is 0 Å². The summed E-state index contributed by atoms with van der Waals surface area (Å²) >= 11 is 0. The number of hydrogen-bond donors (Lipinski definition) is 0. The smallest absolute Gasteiger partial charge is 0.421 e. The van der Waals surface area contributed by atoms with Gasteiger partial charge in [0.25, 0.3) is 0 Å². The minimum absolute atomic E-state index is 0.778. The molecule has 0 unspecified atom stereocenters. The summed E-state index contributed by atoms with van der Waals surface area (Å²) in [6.07, 6.45) is 3.21. The van der Waals surface area contributed by atoms with Gasteiger partial charge in [-0.3, -0.25) is 0 Å². The highest BCUT2D eigenvalue weighted by Gasteiger charge is 2.46. The molecule has 2 aromatic rings. The number of nitrogens with zero attached hydrogens (tertiary/aromatic N) is 4. The number of benzene rings is 1. The molecule has 0 spiro atoms. The van der Waals surface area contributed by atoms with E-state index in [4.69, 9.17) is 0 Å². The average molecular weight is 527 g/mol. The Balaban J connectivity index is 0.000000324. The van der Waals surface area contributed by atoms with Crippen LogP contribution in [-0.2, 0) is 33.3 Å². The standard InChI is InChI=1S/C13H20N3Si.C2F6NO4S2/c1-15-13(12-8-6-5-7-9-12)10-16(14-15)11-17(2,3)4;3-1(4,5)14(10,11)9-15(12,13)2(6,7)8/h5-10H,11H2,1-4H3;/q+1;-1. The number of aromatic nitrogens is 3. The molecular formula is C15H20F6N4O4S2Si. The lowest BCUT2D eigenvalue weighted by molar-refractivity contribution is -0.740. The normalized spacial score (nSPS) is 13.4. The second kappa shape index (κ2) is 9.48. The van der Waals surface area contributed by atoms with E-state index >= 15 is 0 Å². The molecule has 0 bridgehead atoms. The van der Waals surface area contributed by atoms with Gasteiger partial charge in [-0.1, -0.05) is 50.0 Å². The Kier molecular flexibility index (Phi) is 8.31. The first-order valence-electron chi connectivity index (χ1n) is 8.52. The Labute approximate surface area is 181 Å². The fourth-order valence-electron chi connectivity index (χ4n) is 2.12. The molecule has 0 aliphatic rings. The number of alkyl halides is 6. The van der Waals surface area contributed by atoms with Crippen molar-refractivity contribution in [1.29, 1.82) is 0 Å². The Morgan fingerprint density at radius 2 is 1.38 bits per heavy atom. The largest absolute Gasteiger partial charge is 0.480 e. The summed E-state index contributed by atoms with van der Waals surface area (Å²) in [6, 6.07) is 10.4. The second-order valence-corrected chi connectivity index (χ2v) is 16.4. The van der Waals surface area contributed by atoms with E-state index in [0.717, 1.165) is 10.3 Å². The molecule has 0 aliphatic heterocycles. The molecule has 0 saturated carbocycles. The highest BCUT2D eigenvalue weighted by Crippen LogP contribution is 2.36. The van der Waals surface area contributed by atoms with Crippen molar-refractivity contribution in [2.24, 2.45) is 7.05 Å². The fraction of sp³-hybridized carbons (Fsp3) is 0.467. The van der Waals surface area contributed by atoms with Gasteiger partial charge >= 0.3 is 11.0 Å². The third kappa shape index (κ3) is 7.86. The van der Waals surface area contributed by atoms with E-state index in [1.807, 2.05) is 17.8 Å². The number of sulfonamides is 2. The van der Waals surface area contributed by atoms with Crippen molar-refractivity contribution in [2.45, 2.75) is 36.8 Å². The van der Waals surface area contributed by atoms with Gasteiger partial charge in [0.05, 0.1) is 13.3 Å². The van der Waals surface area contributed by atoms with Crippen LogP contribution in [0.15, 0.2) is 36.5 Å². The number of halogens is 6. The van der Waals surface area contributed by atoms with Crippen molar-refractivity contribution >= 4 is 28.1 Å². The van der Waals surface area contributed by atoms with Crippen LogP contribution in [0.2, 0.25) is 19.6 Å². The zero-order chi connectivity index (χ0) is 25.2. The van der Waals surface area contributed by atoms with Crippen molar-refractivity contribution in [1.82, 2.24) is 9.90 Å². The summed E-state index contributed by atoms with van der Waals surface area (Å²) in [5, 5.41) is 4.54. The van der Waals surface area contributed by atoms with Crippen molar-refractivity contribution in [2.75, 3.05) is 0 Å². The SMILES string of the molecule is Cn1n[n+](C[Si](C)(C)C)cc1-c1ccccc1.O=S(=O)([N-]S(=O)(=O)C(F)(F)F)C(F)(F)F. The lowest BCUT2D eigenvalue weighted by Gasteiger charge is -2.22. The lowest BCUT2D eigenvalue weighted by Crippen LogP contribution is -2.47. The van der Waals surface area contributed by atoms with Crippen molar-refractivity contribution in [3.8, 4) is 11.3 Å². The molecule has 0 aliphatic carbocycles. The lowest BCUT2D eigenvalue weighted by atomic mass is 10.2. The average Bonchev–Trinajstić information content (AvgIpc) is 2.91. The molecule has 0 radical (unpaired) electrons. The monoisotopic (exact) mass is 526 g/mol. The molecule has 1 aromatic heterocycles. The van der Waals surface area contributed by atoms with E-state index in [2.05, 4.69) is 60.0 Å². The van der Waals surface area contributed by atoms with Gasteiger partial charge < -0.3 is 4.13 Å². The summed E-state index contributed by atoms with van der Waals surface area (Å²) < 4.78 is 113. The minimum Gasteiger partial charge on any atom is -0.421 e. The first-order chi connectivity index (χ1) is 14.2. The van der Waals surface area contributed by atoms with Gasteiger partial charge in [-0.2, -0.15) is 26.3 Å². The Morgan fingerprint density at radius 3 is 1.75 bits per heavy atom. The molecule has 0 atom stereocenters. The summed E-state index contributed by atoms with van der Waals surface area (Å²) in [4.78, 5) is 0. The molecule has 1 heterocycles. The number of hydrogen-bond acceptors (Lipinski definition) is 5. The van der Waals surface area contributed by atoms with Crippen LogP contribution in [0.25, 0.3) is 15.4 Å².